The van der Waals surface area contributed by atoms with E-state index in [2.05, 4.69) is 0 Å². The molecular weight excluding hydrogens is 230 g/mol. The van der Waals surface area contributed by atoms with Crippen molar-refractivity contribution in [1.82, 2.24) is 0 Å². The molecule has 0 amide bonds. The first-order valence-corrected chi connectivity index (χ1v) is 6.14. The molecule has 0 aromatic heterocycles. The number of aliphatic hydroxyl groups is 1. The van der Waals surface area contributed by atoms with Crippen LogP contribution < -0.4 is 5.73 Å². The van der Waals surface area contributed by atoms with Gasteiger partial charge in [0.05, 0.1) is 6.61 Å². The van der Waals surface area contributed by atoms with Crippen LogP contribution in [-0.2, 0) is 16.1 Å². The standard InChI is InChI=1S/C14H23NO3/c1-10(2)13(18-14(3,4)16)17-9-11-6-5-7-12(15)8-11/h5-8,10,13,16H,9,15H2,1-4H3. The molecule has 0 heterocycles. The minimum atomic E-state index is -1.20. The van der Waals surface area contributed by atoms with Crippen LogP contribution in [0.3, 0.4) is 0 Å². The van der Waals surface area contributed by atoms with Gasteiger partial charge in [-0.2, -0.15) is 0 Å². The number of anilines is 1. The third-order valence-electron chi connectivity index (χ3n) is 2.31. The maximum atomic E-state index is 9.66. The lowest BCUT2D eigenvalue weighted by Gasteiger charge is -2.28. The highest BCUT2D eigenvalue weighted by molar-refractivity contribution is 5.40. The van der Waals surface area contributed by atoms with Crippen LogP contribution in [0.25, 0.3) is 0 Å². The molecule has 0 bridgehead atoms. The van der Waals surface area contributed by atoms with Gasteiger partial charge in [0.2, 0.25) is 0 Å². The zero-order valence-corrected chi connectivity index (χ0v) is 11.5. The van der Waals surface area contributed by atoms with Crippen molar-refractivity contribution in [3.05, 3.63) is 29.8 Å². The first-order valence-electron chi connectivity index (χ1n) is 6.14. The van der Waals surface area contributed by atoms with E-state index in [9.17, 15) is 5.11 Å². The second kappa shape index (κ2) is 6.18. The molecule has 0 fully saturated rings. The van der Waals surface area contributed by atoms with Gasteiger partial charge in [-0.3, -0.25) is 0 Å². The van der Waals surface area contributed by atoms with Gasteiger partial charge in [-0.15, -0.1) is 0 Å². The molecule has 102 valence electrons. The Morgan fingerprint density at radius 1 is 1.33 bits per heavy atom. The zero-order valence-electron chi connectivity index (χ0n) is 11.5. The molecule has 1 aromatic rings. The van der Waals surface area contributed by atoms with E-state index >= 15 is 0 Å². The molecule has 0 aliphatic rings. The molecule has 0 saturated carbocycles. The van der Waals surface area contributed by atoms with E-state index in [4.69, 9.17) is 15.2 Å². The molecular formula is C14H23NO3. The molecule has 0 radical (unpaired) electrons. The Labute approximate surface area is 109 Å². The number of rotatable bonds is 6. The molecule has 1 atom stereocenters. The van der Waals surface area contributed by atoms with Crippen molar-refractivity contribution in [3.63, 3.8) is 0 Å². The minimum Gasteiger partial charge on any atom is -0.399 e. The molecule has 4 heteroatoms. The Balaban J connectivity index is 2.57. The molecule has 18 heavy (non-hydrogen) atoms. The van der Waals surface area contributed by atoms with Crippen molar-refractivity contribution in [2.24, 2.45) is 5.92 Å². The summed E-state index contributed by atoms with van der Waals surface area (Å²) in [5.74, 6) is -1.05. The van der Waals surface area contributed by atoms with Crippen LogP contribution in [0.4, 0.5) is 5.69 Å². The highest BCUT2D eigenvalue weighted by Crippen LogP contribution is 2.18. The summed E-state index contributed by atoms with van der Waals surface area (Å²) < 4.78 is 11.1. The predicted octanol–water partition coefficient (Wildman–Crippen LogP) is 2.51. The van der Waals surface area contributed by atoms with E-state index in [1.807, 2.05) is 38.1 Å². The Kier molecular flexibility index (Phi) is 5.14. The van der Waals surface area contributed by atoms with Crippen LogP contribution >= 0.6 is 0 Å². The first kappa shape index (κ1) is 15.0. The zero-order chi connectivity index (χ0) is 13.8. The summed E-state index contributed by atoms with van der Waals surface area (Å²) in [5.41, 5.74) is 7.39. The summed E-state index contributed by atoms with van der Waals surface area (Å²) in [7, 11) is 0. The van der Waals surface area contributed by atoms with Crippen LogP contribution in [0.2, 0.25) is 0 Å². The molecule has 1 aromatic carbocycles. The average Bonchev–Trinajstić information content (AvgIpc) is 2.22. The van der Waals surface area contributed by atoms with Gasteiger partial charge in [0.1, 0.15) is 0 Å². The number of hydrogen-bond donors (Lipinski definition) is 2. The summed E-state index contributed by atoms with van der Waals surface area (Å²) in [6.45, 7) is 7.55. The topological polar surface area (TPSA) is 64.7 Å². The van der Waals surface area contributed by atoms with Crippen LogP contribution in [0.5, 0.6) is 0 Å². The third kappa shape index (κ3) is 5.49. The number of hydrogen-bond acceptors (Lipinski definition) is 4. The third-order valence-corrected chi connectivity index (χ3v) is 2.31. The Hall–Kier alpha value is -1.10. The number of ether oxygens (including phenoxy) is 2. The summed E-state index contributed by atoms with van der Waals surface area (Å²) in [5, 5.41) is 9.66. The van der Waals surface area contributed by atoms with Crippen molar-refractivity contribution < 1.29 is 14.6 Å². The lowest BCUT2D eigenvalue weighted by molar-refractivity contribution is -0.290. The lowest BCUT2D eigenvalue weighted by Crippen LogP contribution is -2.34. The van der Waals surface area contributed by atoms with Crippen molar-refractivity contribution >= 4 is 5.69 Å². The van der Waals surface area contributed by atoms with Gasteiger partial charge in [0.25, 0.3) is 0 Å². The van der Waals surface area contributed by atoms with Gasteiger partial charge in [-0.05, 0) is 31.5 Å². The summed E-state index contributed by atoms with van der Waals surface area (Å²) in [6, 6.07) is 7.52. The van der Waals surface area contributed by atoms with E-state index in [1.54, 1.807) is 13.8 Å². The summed E-state index contributed by atoms with van der Waals surface area (Å²) in [4.78, 5) is 0. The molecule has 1 rings (SSSR count). The average molecular weight is 253 g/mol. The maximum absolute atomic E-state index is 9.66. The molecule has 4 nitrogen and oxygen atoms in total. The largest absolute Gasteiger partial charge is 0.399 e. The van der Waals surface area contributed by atoms with E-state index in [-0.39, 0.29) is 5.92 Å². The van der Waals surface area contributed by atoms with E-state index in [0.29, 0.717) is 12.3 Å². The van der Waals surface area contributed by atoms with Crippen LogP contribution in [-0.4, -0.2) is 17.2 Å². The Morgan fingerprint density at radius 2 is 2.00 bits per heavy atom. The monoisotopic (exact) mass is 253 g/mol. The van der Waals surface area contributed by atoms with Crippen LogP contribution in [0, 0.1) is 5.92 Å². The number of nitrogens with two attached hydrogens (primary N) is 1. The van der Waals surface area contributed by atoms with Gasteiger partial charge in [-0.1, -0.05) is 26.0 Å². The number of nitrogen functional groups attached to an aromatic ring is 1. The Morgan fingerprint density at radius 3 is 2.50 bits per heavy atom. The van der Waals surface area contributed by atoms with Gasteiger partial charge in [0, 0.05) is 11.6 Å². The highest BCUT2D eigenvalue weighted by Gasteiger charge is 2.23. The minimum absolute atomic E-state index is 0.150. The van der Waals surface area contributed by atoms with Crippen LogP contribution in [0.1, 0.15) is 33.3 Å². The fourth-order valence-electron chi connectivity index (χ4n) is 1.51. The quantitative estimate of drug-likeness (QED) is 0.604. The van der Waals surface area contributed by atoms with E-state index in [0.717, 1.165) is 5.56 Å². The predicted molar refractivity (Wildman–Crippen MR) is 71.7 cm³/mol. The van der Waals surface area contributed by atoms with Gasteiger partial charge in [-0.25, -0.2) is 0 Å². The van der Waals surface area contributed by atoms with E-state index in [1.165, 1.54) is 0 Å². The smallest absolute Gasteiger partial charge is 0.163 e. The molecule has 3 N–H and O–H groups in total. The van der Waals surface area contributed by atoms with Crippen LogP contribution in [0.15, 0.2) is 24.3 Å². The van der Waals surface area contributed by atoms with Gasteiger partial charge in [0.15, 0.2) is 12.1 Å². The molecule has 0 aliphatic carbocycles. The van der Waals surface area contributed by atoms with Crippen molar-refractivity contribution in [2.45, 2.75) is 46.4 Å². The molecule has 0 saturated heterocycles. The molecule has 0 aliphatic heterocycles. The van der Waals surface area contributed by atoms with E-state index < -0.39 is 12.1 Å². The highest BCUT2D eigenvalue weighted by atomic mass is 16.7. The number of benzene rings is 1. The van der Waals surface area contributed by atoms with Gasteiger partial charge < -0.3 is 20.3 Å². The van der Waals surface area contributed by atoms with Crippen molar-refractivity contribution in [1.29, 1.82) is 0 Å². The normalized spacial score (nSPS) is 13.9. The fraction of sp³-hybridized carbons (Fsp3) is 0.571. The van der Waals surface area contributed by atoms with Crippen molar-refractivity contribution in [2.75, 3.05) is 5.73 Å². The molecule has 1 unspecified atom stereocenters. The SMILES string of the molecule is CC(C)C(OCc1cccc(N)c1)OC(C)(C)O. The summed E-state index contributed by atoms with van der Waals surface area (Å²) >= 11 is 0. The lowest BCUT2D eigenvalue weighted by atomic mass is 10.2. The summed E-state index contributed by atoms with van der Waals surface area (Å²) in [6.07, 6.45) is -0.452. The second-order valence-corrected chi connectivity index (χ2v) is 5.23. The molecule has 0 spiro atoms. The Bertz CT molecular complexity index is 372. The maximum Gasteiger partial charge on any atom is 0.163 e. The van der Waals surface area contributed by atoms with Gasteiger partial charge >= 0.3 is 0 Å². The first-order chi connectivity index (χ1) is 8.28. The second-order valence-electron chi connectivity index (χ2n) is 5.23. The fourth-order valence-corrected chi connectivity index (χ4v) is 1.51. The van der Waals surface area contributed by atoms with Crippen molar-refractivity contribution in [3.8, 4) is 0 Å².